The third-order valence-electron chi connectivity index (χ3n) is 14.3. The third-order valence-corrected chi connectivity index (χ3v) is 14.3. The van der Waals surface area contributed by atoms with Crippen molar-refractivity contribution in [3.8, 4) is 0 Å². The average molecular weight is 854 g/mol. The van der Waals surface area contributed by atoms with Crippen molar-refractivity contribution in [1.29, 1.82) is 0 Å². The van der Waals surface area contributed by atoms with Crippen LogP contribution in [0.5, 0.6) is 0 Å². The standard InChI is InChI=1S/C46H63NO14/c1-9-33(50)59-36-34-25(4)30(58-42(55)35(51)29(20-24(2)3)47-40(53)27-16-12-10-13-17-27)22-46(56,43(34,6)7)39(60-41(54)28-18-14-11-15-19-28)37-44(8,38(36)52)31(49)21-32-45(37,23-57-32)61-26(5)48/h11,14-15,18-19,24,27,29-32,35-37,39,49,51,56H,9-10,12-13,16-17,20-23H2,1-8H3,(H,47,53)/t29-,30-,31-,32+,35+,36+,37-,39-,44+,45-,46+/m0/s1. The number of hydrogen-bond donors (Lipinski definition) is 4. The first kappa shape index (κ1) is 46.3. The van der Waals surface area contributed by atoms with Crippen LogP contribution in [0.4, 0.5) is 0 Å². The highest BCUT2D eigenvalue weighted by Gasteiger charge is 2.78. The second-order valence-electron chi connectivity index (χ2n) is 18.9. The van der Waals surface area contributed by atoms with Crippen LogP contribution in [0.15, 0.2) is 41.5 Å². The predicted octanol–water partition coefficient (Wildman–Crippen LogP) is 4.07. The molecule has 0 spiro atoms. The van der Waals surface area contributed by atoms with E-state index in [9.17, 15) is 39.3 Å². The molecular weight excluding hydrogens is 790 g/mol. The number of rotatable bonds is 12. The number of esters is 4. The lowest BCUT2D eigenvalue weighted by molar-refractivity contribution is -0.346. The van der Waals surface area contributed by atoms with E-state index in [0.717, 1.165) is 19.3 Å². The molecule has 6 rings (SSSR count). The summed E-state index contributed by atoms with van der Waals surface area (Å²) < 4.78 is 30.5. The van der Waals surface area contributed by atoms with Crippen molar-refractivity contribution in [1.82, 2.24) is 5.32 Å². The number of Topliss-reactive ketones (excluding diaryl/α,β-unsaturated/α-hetero) is 1. The lowest BCUT2D eigenvalue weighted by Crippen LogP contribution is -2.82. The van der Waals surface area contributed by atoms with Gasteiger partial charge in [0.25, 0.3) is 0 Å². The Hall–Kier alpha value is -4.18. The van der Waals surface area contributed by atoms with Gasteiger partial charge < -0.3 is 44.3 Å². The molecule has 1 aliphatic heterocycles. The summed E-state index contributed by atoms with van der Waals surface area (Å²) >= 11 is 0. The van der Waals surface area contributed by atoms with E-state index >= 15 is 4.79 Å². The Morgan fingerprint density at radius 3 is 2.21 bits per heavy atom. The van der Waals surface area contributed by atoms with Crippen LogP contribution in [-0.2, 0) is 47.7 Å². The van der Waals surface area contributed by atoms with Gasteiger partial charge in [-0.05, 0) is 62.3 Å². The van der Waals surface area contributed by atoms with E-state index in [0.29, 0.717) is 12.8 Å². The second kappa shape index (κ2) is 17.5. The zero-order chi connectivity index (χ0) is 44.8. The van der Waals surface area contributed by atoms with Crippen molar-refractivity contribution in [3.05, 3.63) is 47.0 Å². The Morgan fingerprint density at radius 2 is 1.64 bits per heavy atom. The minimum Gasteiger partial charge on any atom is -0.456 e. The van der Waals surface area contributed by atoms with E-state index in [4.69, 9.17) is 23.7 Å². The van der Waals surface area contributed by atoms with Crippen molar-refractivity contribution in [2.75, 3.05) is 6.61 Å². The monoisotopic (exact) mass is 853 g/mol. The maximum atomic E-state index is 15.6. The highest BCUT2D eigenvalue weighted by Crippen LogP contribution is 2.64. The SMILES string of the molecule is CCC(=O)O[C@H]1C(=O)[C@@]2(C)[C@H]([C@H](OC(=O)c3ccccc3)[C@]3(O)C[C@H](OC(=O)[C@H](O)[C@H](CC(C)C)NC(=O)C4CCCCC4)C(C)=C1C3(C)C)[C@]1(OC(C)=O)CO[C@@H]1C[C@@H]2O. The maximum absolute atomic E-state index is 15.6. The van der Waals surface area contributed by atoms with Crippen LogP contribution in [0.25, 0.3) is 0 Å². The average Bonchev–Trinajstić information content (AvgIpc) is 3.21. The molecule has 61 heavy (non-hydrogen) atoms. The molecular formula is C46H63NO14. The van der Waals surface area contributed by atoms with E-state index in [1.54, 1.807) is 39.0 Å². The number of hydrogen-bond acceptors (Lipinski definition) is 14. The Bertz CT molecular complexity index is 1910. The van der Waals surface area contributed by atoms with Crippen molar-refractivity contribution >= 4 is 35.6 Å². The number of amides is 1. The summed E-state index contributed by atoms with van der Waals surface area (Å²) in [5.41, 5.74) is -7.37. The molecule has 4 fully saturated rings. The number of nitrogens with one attached hydrogen (secondary N) is 1. The summed E-state index contributed by atoms with van der Waals surface area (Å²) in [4.78, 5) is 83.8. The van der Waals surface area contributed by atoms with Crippen LogP contribution in [0, 0.1) is 28.6 Å². The van der Waals surface area contributed by atoms with Gasteiger partial charge >= 0.3 is 23.9 Å². The van der Waals surface area contributed by atoms with Crippen molar-refractivity contribution in [2.45, 2.75) is 167 Å². The third kappa shape index (κ3) is 8.15. The summed E-state index contributed by atoms with van der Waals surface area (Å²) in [5.74, 6) is -6.47. The summed E-state index contributed by atoms with van der Waals surface area (Å²) in [6.07, 6.45) is -5.73. The highest BCUT2D eigenvalue weighted by atomic mass is 16.6. The normalized spacial score (nSPS) is 34.3. The van der Waals surface area contributed by atoms with Gasteiger partial charge in [-0.3, -0.25) is 19.2 Å². The molecule has 15 heteroatoms. The number of carbonyl (C=O) groups is 6. The van der Waals surface area contributed by atoms with E-state index in [1.807, 2.05) is 13.8 Å². The van der Waals surface area contributed by atoms with Gasteiger partial charge in [0.15, 0.2) is 23.6 Å². The van der Waals surface area contributed by atoms with Crippen molar-refractivity contribution in [2.24, 2.45) is 28.6 Å². The first-order valence-corrected chi connectivity index (χ1v) is 21.7. The fraction of sp³-hybridized carbons (Fsp3) is 0.696. The number of fused-ring (bicyclic) bond motifs is 5. The van der Waals surface area contributed by atoms with Crippen LogP contribution in [-0.4, -0.2) is 111 Å². The quantitative estimate of drug-likeness (QED) is 0.132. The van der Waals surface area contributed by atoms with Crippen LogP contribution in [0.3, 0.4) is 0 Å². The minimum absolute atomic E-state index is 0.0464. The summed E-state index contributed by atoms with van der Waals surface area (Å²) in [7, 11) is 0. The fourth-order valence-corrected chi connectivity index (χ4v) is 10.9. The predicted molar refractivity (Wildman–Crippen MR) is 217 cm³/mol. The van der Waals surface area contributed by atoms with Gasteiger partial charge in [0.2, 0.25) is 5.91 Å². The molecule has 4 aliphatic carbocycles. The fourth-order valence-electron chi connectivity index (χ4n) is 10.9. The number of aliphatic hydroxyl groups excluding tert-OH is 2. The molecule has 1 heterocycles. The molecule has 11 atom stereocenters. The number of benzene rings is 1. The molecule has 1 aromatic rings. The summed E-state index contributed by atoms with van der Waals surface area (Å²) in [5, 5.41) is 40.3. The lowest BCUT2D eigenvalue weighted by Gasteiger charge is -2.67. The largest absolute Gasteiger partial charge is 0.456 e. The molecule has 0 aromatic heterocycles. The van der Waals surface area contributed by atoms with E-state index < -0.39 is 107 Å². The van der Waals surface area contributed by atoms with Gasteiger partial charge in [0.1, 0.15) is 23.9 Å². The zero-order valence-corrected chi connectivity index (χ0v) is 36.6. The Labute approximate surface area is 357 Å². The Kier molecular flexibility index (Phi) is 13.3. The van der Waals surface area contributed by atoms with Gasteiger partial charge in [-0.25, -0.2) is 9.59 Å². The molecule has 0 unspecified atom stereocenters. The van der Waals surface area contributed by atoms with Crippen LogP contribution < -0.4 is 5.32 Å². The van der Waals surface area contributed by atoms with Gasteiger partial charge in [-0.2, -0.15) is 0 Å². The highest BCUT2D eigenvalue weighted by molar-refractivity contribution is 5.96. The minimum atomic E-state index is -2.34. The van der Waals surface area contributed by atoms with Gasteiger partial charge in [0, 0.05) is 37.5 Å². The Balaban J connectivity index is 1.52. The molecule has 336 valence electrons. The van der Waals surface area contributed by atoms with E-state index in [2.05, 4.69) is 5.32 Å². The van der Waals surface area contributed by atoms with Crippen LogP contribution in [0.1, 0.15) is 124 Å². The number of carbonyl (C=O) groups excluding carboxylic acids is 6. The van der Waals surface area contributed by atoms with Crippen molar-refractivity contribution in [3.63, 3.8) is 0 Å². The molecule has 2 bridgehead atoms. The molecule has 1 amide bonds. The first-order valence-electron chi connectivity index (χ1n) is 21.7. The van der Waals surface area contributed by atoms with Gasteiger partial charge in [-0.15, -0.1) is 0 Å². The molecule has 4 N–H and O–H groups in total. The maximum Gasteiger partial charge on any atom is 0.338 e. The zero-order valence-electron chi connectivity index (χ0n) is 36.6. The summed E-state index contributed by atoms with van der Waals surface area (Å²) in [6.45, 7) is 12.4. The lowest BCUT2D eigenvalue weighted by atomic mass is 9.44. The number of ether oxygens (including phenoxy) is 5. The van der Waals surface area contributed by atoms with Crippen LogP contribution in [0.2, 0.25) is 0 Å². The summed E-state index contributed by atoms with van der Waals surface area (Å²) in [6, 6.07) is 6.91. The first-order chi connectivity index (χ1) is 28.6. The van der Waals surface area contributed by atoms with Gasteiger partial charge in [0.05, 0.1) is 35.6 Å². The van der Waals surface area contributed by atoms with Crippen molar-refractivity contribution < 1.29 is 67.8 Å². The van der Waals surface area contributed by atoms with Gasteiger partial charge in [-0.1, -0.05) is 72.1 Å². The molecule has 5 aliphatic rings. The Morgan fingerprint density at radius 1 is 0.984 bits per heavy atom. The van der Waals surface area contributed by atoms with E-state index in [-0.39, 0.29) is 60.3 Å². The number of aliphatic hydroxyl groups is 3. The molecule has 3 saturated carbocycles. The second-order valence-corrected chi connectivity index (χ2v) is 18.9. The number of ketones is 1. The topological polar surface area (TPSA) is 221 Å². The van der Waals surface area contributed by atoms with E-state index in [1.165, 1.54) is 32.9 Å². The molecule has 1 aromatic carbocycles. The smallest absolute Gasteiger partial charge is 0.338 e. The molecule has 1 saturated heterocycles. The van der Waals surface area contributed by atoms with Crippen LogP contribution >= 0.6 is 0 Å². The molecule has 0 radical (unpaired) electrons. The molecule has 15 nitrogen and oxygen atoms in total.